The van der Waals surface area contributed by atoms with Crippen LogP contribution in [0.3, 0.4) is 0 Å². The van der Waals surface area contributed by atoms with Gasteiger partial charge in [0.15, 0.2) is 0 Å². The lowest BCUT2D eigenvalue weighted by molar-refractivity contribution is 0.00647. The SMILES string of the molecule is CC(C)(C)OC(=O)N1CCCC(O[Si](c2ccccc2)(c2ccccc2)C(C)(C)C)C1. The maximum atomic E-state index is 12.7. The second-order valence-corrected chi connectivity index (χ2v) is 14.7. The lowest BCUT2D eigenvalue weighted by atomic mass is 10.1. The van der Waals surface area contributed by atoms with Gasteiger partial charge in [0.05, 0.1) is 6.10 Å². The molecule has 1 unspecified atom stereocenters. The predicted octanol–water partition coefficient (Wildman–Crippen LogP) is 4.96. The summed E-state index contributed by atoms with van der Waals surface area (Å²) < 4.78 is 12.9. The highest BCUT2D eigenvalue weighted by Gasteiger charge is 2.51. The number of piperidine rings is 1. The standard InChI is InChI=1S/C26H37NO3Si/c1-25(2,3)29-24(28)27-19-13-14-21(20-27)30-31(26(4,5)6,22-15-9-7-10-16-22)23-17-11-8-12-18-23/h7-12,15-18,21H,13-14,19-20H2,1-6H3. The Kier molecular flexibility index (Phi) is 6.97. The highest BCUT2D eigenvalue weighted by molar-refractivity contribution is 6.99. The molecule has 0 spiro atoms. The third kappa shape index (κ3) is 5.39. The Morgan fingerprint density at radius 1 is 0.903 bits per heavy atom. The largest absolute Gasteiger partial charge is 0.444 e. The minimum absolute atomic E-state index is 0.0208. The van der Waals surface area contributed by atoms with Gasteiger partial charge in [-0.1, -0.05) is 81.4 Å². The molecule has 1 aliphatic rings. The molecule has 1 fully saturated rings. The van der Waals surface area contributed by atoms with Crippen molar-refractivity contribution in [1.82, 2.24) is 4.90 Å². The summed E-state index contributed by atoms with van der Waals surface area (Å²) in [5.41, 5.74) is -0.497. The third-order valence-electron chi connectivity index (χ3n) is 5.79. The number of benzene rings is 2. The first-order valence-electron chi connectivity index (χ1n) is 11.3. The summed E-state index contributed by atoms with van der Waals surface area (Å²) in [4.78, 5) is 14.5. The van der Waals surface area contributed by atoms with E-state index in [0.717, 1.165) is 19.4 Å². The number of carbonyl (C=O) groups is 1. The quantitative estimate of drug-likeness (QED) is 0.632. The van der Waals surface area contributed by atoms with Gasteiger partial charge < -0.3 is 14.1 Å². The molecule has 0 aromatic heterocycles. The summed E-state index contributed by atoms with van der Waals surface area (Å²) in [5.74, 6) is 0. The van der Waals surface area contributed by atoms with E-state index < -0.39 is 13.9 Å². The number of hydrogen-bond donors (Lipinski definition) is 0. The van der Waals surface area contributed by atoms with Crippen molar-refractivity contribution in [2.75, 3.05) is 13.1 Å². The summed E-state index contributed by atoms with van der Waals surface area (Å²) >= 11 is 0. The average molecular weight is 440 g/mol. The Hall–Kier alpha value is -2.11. The normalized spacial score (nSPS) is 18.0. The summed E-state index contributed by atoms with van der Waals surface area (Å²) in [6.07, 6.45) is 1.60. The predicted molar refractivity (Wildman–Crippen MR) is 130 cm³/mol. The first-order valence-corrected chi connectivity index (χ1v) is 13.2. The van der Waals surface area contributed by atoms with Crippen molar-refractivity contribution in [3.63, 3.8) is 0 Å². The van der Waals surface area contributed by atoms with Crippen LogP contribution in [0, 0.1) is 0 Å². The zero-order valence-corrected chi connectivity index (χ0v) is 20.9. The van der Waals surface area contributed by atoms with E-state index in [0.29, 0.717) is 6.54 Å². The molecular formula is C26H37NO3Si. The fraction of sp³-hybridized carbons (Fsp3) is 0.500. The van der Waals surface area contributed by atoms with Gasteiger partial charge in [0.1, 0.15) is 5.60 Å². The summed E-state index contributed by atoms with van der Waals surface area (Å²) in [6.45, 7) is 13.9. The van der Waals surface area contributed by atoms with E-state index >= 15 is 0 Å². The maximum absolute atomic E-state index is 12.7. The number of nitrogens with zero attached hydrogens (tertiary/aromatic N) is 1. The Morgan fingerprint density at radius 2 is 1.42 bits per heavy atom. The lowest BCUT2D eigenvalue weighted by Crippen LogP contribution is -2.68. The second-order valence-electron chi connectivity index (χ2n) is 10.5. The molecule has 1 aliphatic heterocycles. The fourth-order valence-corrected chi connectivity index (χ4v) is 9.18. The molecule has 1 amide bonds. The number of rotatable bonds is 4. The molecule has 168 valence electrons. The van der Waals surface area contributed by atoms with E-state index in [1.165, 1.54) is 10.4 Å². The van der Waals surface area contributed by atoms with Crippen molar-refractivity contribution in [2.45, 2.75) is 71.1 Å². The van der Waals surface area contributed by atoms with Crippen molar-refractivity contribution < 1.29 is 14.0 Å². The van der Waals surface area contributed by atoms with Crippen LogP contribution in [0.15, 0.2) is 60.7 Å². The summed E-state index contributed by atoms with van der Waals surface area (Å²) in [5, 5.41) is 2.45. The molecular weight excluding hydrogens is 402 g/mol. The van der Waals surface area contributed by atoms with E-state index in [9.17, 15) is 4.79 Å². The number of ether oxygens (including phenoxy) is 1. The first kappa shape index (κ1) is 23.5. The van der Waals surface area contributed by atoms with Gasteiger partial charge in [-0.25, -0.2) is 4.79 Å². The van der Waals surface area contributed by atoms with Gasteiger partial charge in [0, 0.05) is 13.1 Å². The van der Waals surface area contributed by atoms with E-state index in [1.54, 1.807) is 0 Å². The maximum Gasteiger partial charge on any atom is 0.410 e. The topological polar surface area (TPSA) is 38.8 Å². The zero-order valence-electron chi connectivity index (χ0n) is 19.9. The molecule has 31 heavy (non-hydrogen) atoms. The summed E-state index contributed by atoms with van der Waals surface area (Å²) in [7, 11) is -2.63. The van der Waals surface area contributed by atoms with Gasteiger partial charge in [0.25, 0.3) is 8.32 Å². The number of carbonyl (C=O) groups excluding carboxylic acids is 1. The first-order chi connectivity index (χ1) is 14.5. The lowest BCUT2D eigenvalue weighted by Gasteiger charge is -2.46. The molecule has 1 saturated heterocycles. The Balaban J connectivity index is 1.97. The van der Waals surface area contributed by atoms with Crippen LogP contribution < -0.4 is 10.4 Å². The molecule has 0 aliphatic carbocycles. The molecule has 1 heterocycles. The van der Waals surface area contributed by atoms with Gasteiger partial charge in [-0.3, -0.25) is 0 Å². The van der Waals surface area contributed by atoms with Crippen molar-refractivity contribution in [2.24, 2.45) is 0 Å². The van der Waals surface area contributed by atoms with Crippen LogP contribution in [0.1, 0.15) is 54.4 Å². The molecule has 2 aromatic carbocycles. The van der Waals surface area contributed by atoms with Crippen molar-refractivity contribution in [3.8, 4) is 0 Å². The van der Waals surface area contributed by atoms with Crippen LogP contribution in [0.25, 0.3) is 0 Å². The molecule has 1 atom stereocenters. The van der Waals surface area contributed by atoms with Crippen LogP contribution in [-0.2, 0) is 9.16 Å². The van der Waals surface area contributed by atoms with E-state index in [4.69, 9.17) is 9.16 Å². The van der Waals surface area contributed by atoms with Crippen LogP contribution >= 0.6 is 0 Å². The van der Waals surface area contributed by atoms with Crippen molar-refractivity contribution in [3.05, 3.63) is 60.7 Å². The van der Waals surface area contributed by atoms with Gasteiger partial charge in [-0.15, -0.1) is 0 Å². The number of amides is 1. The van der Waals surface area contributed by atoms with Crippen LogP contribution in [-0.4, -0.2) is 44.1 Å². The van der Waals surface area contributed by atoms with Gasteiger partial charge in [-0.05, 0) is 49.0 Å². The van der Waals surface area contributed by atoms with Crippen molar-refractivity contribution in [1.29, 1.82) is 0 Å². The van der Waals surface area contributed by atoms with E-state index in [-0.39, 0.29) is 17.2 Å². The second kappa shape index (κ2) is 9.17. The van der Waals surface area contributed by atoms with Crippen LogP contribution in [0.4, 0.5) is 4.79 Å². The van der Waals surface area contributed by atoms with Crippen LogP contribution in [0.2, 0.25) is 5.04 Å². The van der Waals surface area contributed by atoms with Gasteiger partial charge in [0.2, 0.25) is 0 Å². The molecule has 0 saturated carbocycles. The third-order valence-corrected chi connectivity index (χ3v) is 10.9. The smallest absolute Gasteiger partial charge is 0.410 e. The van der Waals surface area contributed by atoms with E-state index in [2.05, 4.69) is 81.4 Å². The molecule has 5 heteroatoms. The Labute approximate surface area is 188 Å². The zero-order chi connectivity index (χ0) is 22.7. The van der Waals surface area contributed by atoms with Crippen molar-refractivity contribution >= 4 is 24.8 Å². The molecule has 0 bridgehead atoms. The number of hydrogen-bond acceptors (Lipinski definition) is 3. The minimum atomic E-state index is -2.63. The average Bonchev–Trinajstić information content (AvgIpc) is 2.71. The molecule has 4 nitrogen and oxygen atoms in total. The monoisotopic (exact) mass is 439 g/mol. The van der Waals surface area contributed by atoms with Gasteiger partial charge in [-0.2, -0.15) is 0 Å². The molecule has 0 radical (unpaired) electrons. The Bertz CT molecular complexity index is 816. The molecule has 0 N–H and O–H groups in total. The van der Waals surface area contributed by atoms with Crippen LogP contribution in [0.5, 0.6) is 0 Å². The van der Waals surface area contributed by atoms with Gasteiger partial charge >= 0.3 is 6.09 Å². The number of likely N-dealkylation sites (tertiary alicyclic amines) is 1. The summed E-state index contributed by atoms with van der Waals surface area (Å²) in [6, 6.07) is 21.3. The minimum Gasteiger partial charge on any atom is -0.444 e. The molecule has 3 rings (SSSR count). The van der Waals surface area contributed by atoms with E-state index in [1.807, 2.05) is 25.7 Å². The highest BCUT2D eigenvalue weighted by Crippen LogP contribution is 2.38. The molecule has 2 aromatic rings. The fourth-order valence-electron chi connectivity index (χ4n) is 4.47. The highest BCUT2D eigenvalue weighted by atomic mass is 28.4. The Morgan fingerprint density at radius 3 is 1.87 bits per heavy atom.